The van der Waals surface area contributed by atoms with Gasteiger partial charge in [0.25, 0.3) is 0 Å². The van der Waals surface area contributed by atoms with Gasteiger partial charge in [-0.2, -0.15) is 9.97 Å². The Bertz CT molecular complexity index is 1970. The topological polar surface area (TPSA) is 72.8 Å². The Labute approximate surface area is 258 Å². The van der Waals surface area contributed by atoms with E-state index in [4.69, 9.17) is 21.1 Å². The van der Waals surface area contributed by atoms with Gasteiger partial charge >= 0.3 is 6.01 Å². The molecule has 12 heteroatoms. The highest BCUT2D eigenvalue weighted by Crippen LogP contribution is 2.44. The number of fused-ring (bicyclic) bond motifs is 4. The first-order valence-electron chi connectivity index (χ1n) is 17.2. The number of methoxy groups -OCH3 is 1. The number of alkyl halides is 2. The predicted molar refractivity (Wildman–Crippen MR) is 156 cm³/mol. The van der Waals surface area contributed by atoms with Crippen molar-refractivity contribution in [1.29, 1.82) is 0 Å². The molecule has 2 aromatic carbocycles. The molecule has 4 fully saturated rings. The van der Waals surface area contributed by atoms with Crippen molar-refractivity contribution in [2.75, 3.05) is 44.7 Å². The number of halogens is 4. The van der Waals surface area contributed by atoms with Crippen LogP contribution in [0.5, 0.6) is 11.8 Å². The van der Waals surface area contributed by atoms with Crippen LogP contribution in [0.15, 0.2) is 36.5 Å². The number of anilines is 1. The third-order valence-electron chi connectivity index (χ3n) is 9.21. The Hall–Kier alpha value is -3.77. The lowest BCUT2D eigenvalue weighted by Gasteiger charge is -2.31. The minimum Gasteiger partial charge on any atom is -0.493 e. The lowest BCUT2D eigenvalue weighted by atomic mass is 9.95. The van der Waals surface area contributed by atoms with Gasteiger partial charge in [-0.05, 0) is 37.3 Å². The second-order valence-electron chi connectivity index (χ2n) is 11.8. The molecule has 0 bridgehead atoms. The Morgan fingerprint density at radius 3 is 2.95 bits per heavy atom. The third kappa shape index (κ3) is 4.28. The minimum absolute atomic E-state index is 0.00305. The summed E-state index contributed by atoms with van der Waals surface area (Å²) >= 11 is 0. The highest BCUT2D eigenvalue weighted by Gasteiger charge is 2.58. The molecule has 5 atom stereocenters. The summed E-state index contributed by atoms with van der Waals surface area (Å²) in [6, 6.07) is 5.73. The molecule has 0 N–H and O–H groups in total. The van der Waals surface area contributed by atoms with Crippen LogP contribution in [0.25, 0.3) is 32.9 Å². The zero-order valence-electron chi connectivity index (χ0n) is 28.4. The molecule has 230 valence electrons. The summed E-state index contributed by atoms with van der Waals surface area (Å²) in [7, 11) is -3.02. The van der Waals surface area contributed by atoms with Gasteiger partial charge in [-0.3, -0.25) is 9.88 Å². The van der Waals surface area contributed by atoms with Gasteiger partial charge in [-0.15, -0.1) is 0 Å². The van der Waals surface area contributed by atoms with Crippen molar-refractivity contribution in [3.05, 3.63) is 48.2 Å². The average Bonchev–Trinajstić information content (AvgIpc) is 3.40. The maximum Gasteiger partial charge on any atom is 0.319 e. The molecule has 3 saturated heterocycles. The van der Waals surface area contributed by atoms with Crippen molar-refractivity contribution in [3.8, 4) is 23.0 Å². The standard InChI is InChI=1S/C32H31F4N5O3/c1-42-28-21(34)8-7-17-5-2-6-19(22(17)28)25-23(35)26-20(14-37-25)30(41-11-4-12-43-29-24(36)27(29)41)39-31(38-26)44-16-32-9-3-10-40(32)15-18(33)13-32/h2,5-8,14,18,24,27,29H,3-4,9-13,15-16H2,1H3/t18-,24+,27-,29+,32+/m1/s1/i1D3,16D2. The Morgan fingerprint density at radius 2 is 2.07 bits per heavy atom. The summed E-state index contributed by atoms with van der Waals surface area (Å²) < 4.78 is 119. The van der Waals surface area contributed by atoms with E-state index in [1.807, 2.05) is 0 Å². The second-order valence-corrected chi connectivity index (χ2v) is 11.8. The van der Waals surface area contributed by atoms with Crippen molar-refractivity contribution in [2.24, 2.45) is 0 Å². The largest absolute Gasteiger partial charge is 0.493 e. The molecule has 5 heterocycles. The number of rotatable bonds is 6. The molecule has 4 aromatic rings. The molecule has 8 rings (SSSR count). The number of ether oxygens (including phenoxy) is 3. The quantitative estimate of drug-likeness (QED) is 0.268. The summed E-state index contributed by atoms with van der Waals surface area (Å²) in [5.41, 5.74) is -1.97. The fraction of sp³-hybridized carbons (Fsp3) is 0.469. The molecule has 0 radical (unpaired) electrons. The van der Waals surface area contributed by atoms with Crippen LogP contribution >= 0.6 is 0 Å². The highest BCUT2D eigenvalue weighted by molar-refractivity contribution is 6.02. The molecule has 1 aliphatic carbocycles. The lowest BCUT2D eigenvalue weighted by Crippen LogP contribution is -2.43. The van der Waals surface area contributed by atoms with E-state index in [0.29, 0.717) is 37.8 Å². The zero-order chi connectivity index (χ0) is 34.5. The average molecular weight is 615 g/mol. The van der Waals surface area contributed by atoms with E-state index in [0.717, 1.165) is 6.07 Å². The number of nitrogens with zero attached hydrogens (tertiary/aromatic N) is 5. The van der Waals surface area contributed by atoms with Crippen LogP contribution in [-0.4, -0.2) is 89.7 Å². The third-order valence-corrected chi connectivity index (χ3v) is 9.21. The molecule has 0 amide bonds. The maximum absolute atomic E-state index is 16.9. The number of aromatic nitrogens is 3. The van der Waals surface area contributed by atoms with Crippen LogP contribution in [-0.2, 0) is 4.74 Å². The van der Waals surface area contributed by atoms with Gasteiger partial charge in [0.15, 0.2) is 23.6 Å². The van der Waals surface area contributed by atoms with Gasteiger partial charge in [0.2, 0.25) is 0 Å². The van der Waals surface area contributed by atoms with E-state index in [1.54, 1.807) is 21.9 Å². The Balaban J connectivity index is 1.31. The molecule has 1 saturated carbocycles. The summed E-state index contributed by atoms with van der Waals surface area (Å²) in [6.45, 7) is -1.37. The Kier molecular flexibility index (Phi) is 5.37. The molecule has 0 unspecified atom stereocenters. The second kappa shape index (κ2) is 10.4. The van der Waals surface area contributed by atoms with Gasteiger partial charge in [-0.1, -0.05) is 24.3 Å². The number of pyridine rings is 1. The van der Waals surface area contributed by atoms with Gasteiger partial charge in [0, 0.05) is 43.3 Å². The molecular weight excluding hydrogens is 578 g/mol. The number of hydrogen-bond acceptors (Lipinski definition) is 8. The van der Waals surface area contributed by atoms with E-state index in [-0.39, 0.29) is 52.9 Å². The first-order chi connectivity index (χ1) is 23.3. The van der Waals surface area contributed by atoms with Gasteiger partial charge in [-0.25, -0.2) is 17.6 Å². The van der Waals surface area contributed by atoms with E-state index < -0.39 is 67.0 Å². The van der Waals surface area contributed by atoms with E-state index in [9.17, 15) is 8.78 Å². The highest BCUT2D eigenvalue weighted by atomic mass is 19.1. The minimum atomic E-state index is -3.02. The first-order valence-corrected chi connectivity index (χ1v) is 14.7. The number of benzene rings is 2. The van der Waals surface area contributed by atoms with Crippen molar-refractivity contribution < 1.29 is 38.6 Å². The first kappa shape index (κ1) is 22.7. The predicted octanol–water partition coefficient (Wildman–Crippen LogP) is 5.40. The van der Waals surface area contributed by atoms with Gasteiger partial charge in [0.1, 0.15) is 35.9 Å². The maximum atomic E-state index is 16.9. The van der Waals surface area contributed by atoms with Crippen molar-refractivity contribution in [2.45, 2.75) is 55.7 Å². The van der Waals surface area contributed by atoms with Crippen molar-refractivity contribution >= 4 is 27.5 Å². The summed E-state index contributed by atoms with van der Waals surface area (Å²) in [6.07, 6.45) is -0.677. The fourth-order valence-corrected chi connectivity index (χ4v) is 7.12. The SMILES string of the molecule is [2H]C([2H])([2H])Oc1c(F)ccc2cccc(-c3ncc4c(N5CCCO[C@H]6[C@@H](F)[C@H]65)nc(OC([2H])([2H])[C@@]56CCCN5C[C@H](F)C6)nc4c3F)c12. The van der Waals surface area contributed by atoms with Gasteiger partial charge in [0.05, 0.1) is 30.9 Å². The molecule has 4 aliphatic rings. The Morgan fingerprint density at radius 1 is 1.16 bits per heavy atom. The smallest absolute Gasteiger partial charge is 0.319 e. The van der Waals surface area contributed by atoms with E-state index in [1.165, 1.54) is 18.3 Å². The van der Waals surface area contributed by atoms with Crippen molar-refractivity contribution in [1.82, 2.24) is 19.9 Å². The van der Waals surface area contributed by atoms with Crippen LogP contribution in [0.1, 0.15) is 32.5 Å². The van der Waals surface area contributed by atoms with Crippen LogP contribution in [0.2, 0.25) is 0 Å². The van der Waals surface area contributed by atoms with Crippen LogP contribution < -0.4 is 14.4 Å². The van der Waals surface area contributed by atoms with Gasteiger partial charge < -0.3 is 19.1 Å². The fourth-order valence-electron chi connectivity index (χ4n) is 7.12. The van der Waals surface area contributed by atoms with Crippen LogP contribution in [0.4, 0.5) is 23.4 Å². The van der Waals surface area contributed by atoms with E-state index >= 15 is 8.78 Å². The lowest BCUT2D eigenvalue weighted by molar-refractivity contribution is 0.105. The molecule has 0 spiro atoms. The van der Waals surface area contributed by atoms with Crippen LogP contribution in [0, 0.1) is 11.6 Å². The van der Waals surface area contributed by atoms with Crippen LogP contribution in [0.3, 0.4) is 0 Å². The molecule has 2 aromatic heterocycles. The molecule has 8 nitrogen and oxygen atoms in total. The molecular formula is C32H31F4N5O3. The molecule has 44 heavy (non-hydrogen) atoms. The normalized spacial score (nSPS) is 30.5. The zero-order valence-corrected chi connectivity index (χ0v) is 23.4. The molecule has 3 aliphatic heterocycles. The summed E-state index contributed by atoms with van der Waals surface area (Å²) in [5, 5.41) is 0.380. The summed E-state index contributed by atoms with van der Waals surface area (Å²) in [4.78, 5) is 16.5. The monoisotopic (exact) mass is 614 g/mol. The summed E-state index contributed by atoms with van der Waals surface area (Å²) in [5.74, 6) is -2.56. The van der Waals surface area contributed by atoms with Crippen molar-refractivity contribution in [3.63, 3.8) is 0 Å². The number of hydrogen-bond donors (Lipinski definition) is 0. The van der Waals surface area contributed by atoms with E-state index in [2.05, 4.69) is 15.0 Å².